The van der Waals surface area contributed by atoms with Gasteiger partial charge in [0.25, 0.3) is 5.91 Å². The van der Waals surface area contributed by atoms with Gasteiger partial charge in [-0.1, -0.05) is 6.07 Å². The minimum absolute atomic E-state index is 0.0185. The number of carbonyl (C=O) groups excluding carboxylic acids is 1. The van der Waals surface area contributed by atoms with E-state index in [2.05, 4.69) is 5.32 Å². The fourth-order valence-corrected chi connectivity index (χ4v) is 2.59. The van der Waals surface area contributed by atoms with E-state index in [1.165, 1.54) is 6.42 Å². The van der Waals surface area contributed by atoms with Gasteiger partial charge >= 0.3 is 0 Å². The molecule has 4 nitrogen and oxygen atoms in total. The maximum absolute atomic E-state index is 12.8. The van der Waals surface area contributed by atoms with Crippen LogP contribution in [0.2, 0.25) is 0 Å². The first-order valence-corrected chi connectivity index (χ1v) is 7.43. The van der Waals surface area contributed by atoms with Gasteiger partial charge in [0.1, 0.15) is 0 Å². The lowest BCUT2D eigenvalue weighted by Gasteiger charge is -2.37. The highest BCUT2D eigenvalue weighted by Crippen LogP contribution is 2.28. The zero-order chi connectivity index (χ0) is 14.5. The van der Waals surface area contributed by atoms with Crippen LogP contribution in [0.5, 0.6) is 0 Å². The first-order valence-electron chi connectivity index (χ1n) is 7.43. The third-order valence-corrected chi connectivity index (χ3v) is 3.89. The highest BCUT2D eigenvalue weighted by atomic mass is 16.3. The lowest BCUT2D eigenvalue weighted by molar-refractivity contribution is 0.0527. The van der Waals surface area contributed by atoms with Crippen LogP contribution in [0.15, 0.2) is 18.2 Å². The van der Waals surface area contributed by atoms with Gasteiger partial charge in [-0.25, -0.2) is 0 Å². The molecule has 0 atom stereocenters. The van der Waals surface area contributed by atoms with E-state index in [4.69, 9.17) is 0 Å². The molecule has 0 bridgehead atoms. The van der Waals surface area contributed by atoms with Crippen molar-refractivity contribution < 1.29 is 9.90 Å². The number of aliphatic hydroxyl groups excluding tert-OH is 1. The fraction of sp³-hybridized carbons (Fsp3) is 0.562. The smallest absolute Gasteiger partial charge is 0.256 e. The number of hydrogen-bond acceptors (Lipinski definition) is 3. The number of nitrogens with one attached hydrogen (secondary N) is 1. The molecule has 0 heterocycles. The molecule has 4 heteroatoms. The Balaban J connectivity index is 2.25. The molecule has 0 spiro atoms. The standard InChI is InChI=1S/C16H24N2O2/c1-3-17-15-11-12(2)7-8-14(15)16(20)18(9-10-19)13-5-4-6-13/h7-8,11,13,17,19H,3-6,9-10H2,1-2H3. The summed E-state index contributed by atoms with van der Waals surface area (Å²) in [6.45, 7) is 5.27. The van der Waals surface area contributed by atoms with Crippen LogP contribution in [0.25, 0.3) is 0 Å². The molecule has 0 saturated heterocycles. The number of aliphatic hydroxyl groups is 1. The van der Waals surface area contributed by atoms with Gasteiger partial charge in [0, 0.05) is 24.8 Å². The second-order valence-corrected chi connectivity index (χ2v) is 5.39. The minimum atomic E-state index is 0.0185. The Morgan fingerprint density at radius 1 is 1.45 bits per heavy atom. The number of carbonyl (C=O) groups is 1. The van der Waals surface area contributed by atoms with Crippen LogP contribution in [0.3, 0.4) is 0 Å². The van der Waals surface area contributed by atoms with E-state index < -0.39 is 0 Å². The van der Waals surface area contributed by atoms with Gasteiger partial charge in [-0.2, -0.15) is 0 Å². The average molecular weight is 276 g/mol. The van der Waals surface area contributed by atoms with Gasteiger partial charge in [0.05, 0.1) is 12.2 Å². The van der Waals surface area contributed by atoms with E-state index in [0.717, 1.165) is 30.6 Å². The summed E-state index contributed by atoms with van der Waals surface area (Å²) >= 11 is 0. The van der Waals surface area contributed by atoms with Crippen LogP contribution in [0.4, 0.5) is 5.69 Å². The van der Waals surface area contributed by atoms with Gasteiger partial charge < -0.3 is 15.3 Å². The van der Waals surface area contributed by atoms with Crippen molar-refractivity contribution in [3.63, 3.8) is 0 Å². The molecule has 2 rings (SSSR count). The van der Waals surface area contributed by atoms with Crippen LogP contribution in [0.1, 0.15) is 42.1 Å². The van der Waals surface area contributed by atoms with E-state index in [1.807, 2.05) is 36.9 Å². The van der Waals surface area contributed by atoms with E-state index in [1.54, 1.807) is 0 Å². The summed E-state index contributed by atoms with van der Waals surface area (Å²) < 4.78 is 0. The van der Waals surface area contributed by atoms with Crippen molar-refractivity contribution in [2.24, 2.45) is 0 Å². The summed E-state index contributed by atoms with van der Waals surface area (Å²) in [5.74, 6) is 0.0275. The number of amides is 1. The van der Waals surface area contributed by atoms with E-state index in [-0.39, 0.29) is 12.5 Å². The van der Waals surface area contributed by atoms with Gasteiger partial charge in [0.15, 0.2) is 0 Å². The van der Waals surface area contributed by atoms with Crippen LogP contribution >= 0.6 is 0 Å². The topological polar surface area (TPSA) is 52.6 Å². The Hall–Kier alpha value is -1.55. The maximum Gasteiger partial charge on any atom is 0.256 e. The summed E-state index contributed by atoms with van der Waals surface area (Å²) in [5, 5.41) is 12.5. The Labute approximate surface area is 120 Å². The van der Waals surface area contributed by atoms with E-state index in [0.29, 0.717) is 18.2 Å². The molecule has 1 fully saturated rings. The third-order valence-electron chi connectivity index (χ3n) is 3.89. The highest BCUT2D eigenvalue weighted by Gasteiger charge is 2.29. The third kappa shape index (κ3) is 3.12. The van der Waals surface area contributed by atoms with E-state index in [9.17, 15) is 9.90 Å². The Morgan fingerprint density at radius 2 is 2.20 bits per heavy atom. The molecule has 0 unspecified atom stereocenters. The maximum atomic E-state index is 12.8. The Bertz CT molecular complexity index is 470. The second-order valence-electron chi connectivity index (χ2n) is 5.39. The predicted octanol–water partition coefficient (Wildman–Crippen LogP) is 2.41. The van der Waals surface area contributed by atoms with Crippen molar-refractivity contribution in [2.45, 2.75) is 39.2 Å². The molecule has 1 amide bonds. The van der Waals surface area contributed by atoms with Gasteiger partial charge in [-0.15, -0.1) is 0 Å². The molecule has 110 valence electrons. The van der Waals surface area contributed by atoms with Crippen molar-refractivity contribution >= 4 is 11.6 Å². The lowest BCUT2D eigenvalue weighted by Crippen LogP contribution is -2.45. The number of benzene rings is 1. The molecule has 1 aliphatic rings. The second kappa shape index (κ2) is 6.75. The molecule has 20 heavy (non-hydrogen) atoms. The van der Waals surface area contributed by atoms with Crippen LogP contribution in [-0.4, -0.2) is 41.7 Å². The molecule has 0 aliphatic heterocycles. The molecule has 2 N–H and O–H groups in total. The first kappa shape index (κ1) is 14.9. The number of nitrogens with zero attached hydrogens (tertiary/aromatic N) is 1. The first-order chi connectivity index (χ1) is 9.67. The number of anilines is 1. The highest BCUT2D eigenvalue weighted by molar-refractivity contribution is 6.00. The van der Waals surface area contributed by atoms with Crippen LogP contribution in [-0.2, 0) is 0 Å². The zero-order valence-electron chi connectivity index (χ0n) is 12.4. The molecule has 1 aromatic carbocycles. The van der Waals surface area contributed by atoms with Crippen molar-refractivity contribution in [2.75, 3.05) is 25.0 Å². The molecule has 1 saturated carbocycles. The van der Waals surface area contributed by atoms with Crippen molar-refractivity contribution in [1.82, 2.24) is 4.90 Å². The summed E-state index contributed by atoms with van der Waals surface area (Å²) in [7, 11) is 0. The molecular formula is C16H24N2O2. The molecule has 1 aromatic rings. The summed E-state index contributed by atoms with van der Waals surface area (Å²) in [4.78, 5) is 14.6. The summed E-state index contributed by atoms with van der Waals surface area (Å²) in [6.07, 6.45) is 3.27. The lowest BCUT2D eigenvalue weighted by atomic mass is 9.90. The molecule has 1 aliphatic carbocycles. The predicted molar refractivity (Wildman–Crippen MR) is 81.1 cm³/mol. The van der Waals surface area contributed by atoms with Crippen LogP contribution < -0.4 is 5.32 Å². The molecule has 0 aromatic heterocycles. The number of rotatable bonds is 6. The van der Waals surface area contributed by atoms with Crippen molar-refractivity contribution in [1.29, 1.82) is 0 Å². The van der Waals surface area contributed by atoms with Crippen molar-refractivity contribution in [3.8, 4) is 0 Å². The van der Waals surface area contributed by atoms with Gasteiger partial charge in [0.2, 0.25) is 0 Å². The molecule has 0 radical (unpaired) electrons. The number of hydrogen-bond donors (Lipinski definition) is 2. The van der Waals surface area contributed by atoms with Crippen molar-refractivity contribution in [3.05, 3.63) is 29.3 Å². The monoisotopic (exact) mass is 276 g/mol. The zero-order valence-corrected chi connectivity index (χ0v) is 12.4. The number of aryl methyl sites for hydroxylation is 1. The average Bonchev–Trinajstić information content (AvgIpc) is 2.36. The summed E-state index contributed by atoms with van der Waals surface area (Å²) in [5.41, 5.74) is 2.73. The van der Waals surface area contributed by atoms with Crippen LogP contribution in [0, 0.1) is 6.92 Å². The Kier molecular flexibility index (Phi) is 5.01. The normalized spacial score (nSPS) is 14.8. The van der Waals surface area contributed by atoms with E-state index >= 15 is 0 Å². The van der Waals surface area contributed by atoms with Gasteiger partial charge in [-0.3, -0.25) is 4.79 Å². The SMILES string of the molecule is CCNc1cc(C)ccc1C(=O)N(CCO)C1CCC1. The largest absolute Gasteiger partial charge is 0.395 e. The fourth-order valence-electron chi connectivity index (χ4n) is 2.59. The quantitative estimate of drug-likeness (QED) is 0.839. The summed E-state index contributed by atoms with van der Waals surface area (Å²) in [6, 6.07) is 6.16. The Morgan fingerprint density at radius 3 is 2.75 bits per heavy atom. The van der Waals surface area contributed by atoms with Gasteiger partial charge in [-0.05, 0) is 50.8 Å². The molecular weight excluding hydrogens is 252 g/mol. The minimum Gasteiger partial charge on any atom is -0.395 e.